The molecule has 1 aliphatic heterocycles. The molecule has 0 radical (unpaired) electrons. The minimum Gasteiger partial charge on any atom is -0.506 e. The Labute approximate surface area is 204 Å². The van der Waals surface area contributed by atoms with Gasteiger partial charge in [-0.2, -0.15) is 4.98 Å². The van der Waals surface area contributed by atoms with Gasteiger partial charge in [0.05, 0.1) is 0 Å². The van der Waals surface area contributed by atoms with E-state index in [0.717, 1.165) is 38.2 Å². The zero-order valence-corrected chi connectivity index (χ0v) is 19.1. The number of phenolic OH excluding ortho intramolecular Hbond substituents is 2. The Balaban J connectivity index is 1.39. The Morgan fingerprint density at radius 3 is 2.44 bits per heavy atom. The Morgan fingerprint density at radius 2 is 1.72 bits per heavy atom. The summed E-state index contributed by atoms with van der Waals surface area (Å²) in [6.45, 7) is 3.04. The number of hydrogen-bond donors (Lipinski definition) is 4. The number of fused-ring (bicyclic) bond motifs is 1. The van der Waals surface area contributed by atoms with Crippen LogP contribution in [0.25, 0.3) is 16.7 Å². The van der Waals surface area contributed by atoms with Crippen molar-refractivity contribution in [2.45, 2.75) is 6.42 Å². The first-order valence-electron chi connectivity index (χ1n) is 11.3. The molecular formula is C24H23N7O5. The van der Waals surface area contributed by atoms with Gasteiger partial charge in [0.15, 0.2) is 5.65 Å². The lowest BCUT2D eigenvalue weighted by molar-refractivity contribution is -0.117. The molecule has 0 unspecified atom stereocenters. The minimum atomic E-state index is -0.871. The van der Waals surface area contributed by atoms with E-state index in [4.69, 9.17) is 0 Å². The SMILES string of the molecule is O=CN1CCCN(c2ccc(Nc3ncc4c(=O)n(-c5c(O)cccc5O)c(=O)[nH]c4n3)cc2)CC1. The number of rotatable bonds is 5. The summed E-state index contributed by atoms with van der Waals surface area (Å²) in [5.41, 5.74) is -0.232. The summed E-state index contributed by atoms with van der Waals surface area (Å²) in [5, 5.41) is 23.2. The molecule has 12 heteroatoms. The summed E-state index contributed by atoms with van der Waals surface area (Å²) in [5.74, 6) is -0.679. The van der Waals surface area contributed by atoms with Crippen LogP contribution in [0.1, 0.15) is 6.42 Å². The van der Waals surface area contributed by atoms with Gasteiger partial charge in [-0.3, -0.25) is 14.6 Å². The maximum atomic E-state index is 13.0. The second-order valence-corrected chi connectivity index (χ2v) is 8.33. The van der Waals surface area contributed by atoms with E-state index in [-0.39, 0.29) is 22.7 Å². The molecule has 3 heterocycles. The minimum absolute atomic E-state index is 0.00341. The molecule has 12 nitrogen and oxygen atoms in total. The number of aromatic nitrogens is 4. The number of benzene rings is 2. The smallest absolute Gasteiger partial charge is 0.334 e. The summed E-state index contributed by atoms with van der Waals surface area (Å²) >= 11 is 0. The predicted octanol–water partition coefficient (Wildman–Crippen LogP) is 1.29. The van der Waals surface area contributed by atoms with Crippen LogP contribution < -0.4 is 21.5 Å². The van der Waals surface area contributed by atoms with Crippen molar-refractivity contribution in [2.75, 3.05) is 36.4 Å². The highest BCUT2D eigenvalue weighted by molar-refractivity contribution is 5.75. The first kappa shape index (κ1) is 22.9. The van der Waals surface area contributed by atoms with Gasteiger partial charge in [-0.15, -0.1) is 0 Å². The molecule has 4 N–H and O–H groups in total. The number of amides is 1. The summed E-state index contributed by atoms with van der Waals surface area (Å²) in [7, 11) is 0. The molecule has 0 atom stereocenters. The van der Waals surface area contributed by atoms with Crippen LogP contribution >= 0.6 is 0 Å². The first-order chi connectivity index (χ1) is 17.4. The fourth-order valence-electron chi connectivity index (χ4n) is 4.20. The third-order valence-corrected chi connectivity index (χ3v) is 6.04. The average Bonchev–Trinajstić information content (AvgIpc) is 3.12. The fourth-order valence-corrected chi connectivity index (χ4v) is 4.20. The number of nitrogens with zero attached hydrogens (tertiary/aromatic N) is 5. The van der Waals surface area contributed by atoms with E-state index in [9.17, 15) is 24.6 Å². The second kappa shape index (κ2) is 9.41. The molecule has 0 bridgehead atoms. The number of hydrogen-bond acceptors (Lipinski definition) is 9. The highest BCUT2D eigenvalue weighted by Crippen LogP contribution is 2.28. The van der Waals surface area contributed by atoms with E-state index in [1.807, 2.05) is 24.3 Å². The topological polar surface area (TPSA) is 157 Å². The molecule has 4 aromatic rings. The van der Waals surface area contributed by atoms with E-state index in [2.05, 4.69) is 25.2 Å². The van der Waals surface area contributed by atoms with Gasteiger partial charge in [0, 0.05) is 43.8 Å². The largest absolute Gasteiger partial charge is 0.506 e. The third-order valence-electron chi connectivity index (χ3n) is 6.04. The average molecular weight is 489 g/mol. The molecule has 1 amide bonds. The van der Waals surface area contributed by atoms with Gasteiger partial charge in [0.1, 0.15) is 22.6 Å². The number of H-pyrrole nitrogens is 1. The molecule has 2 aromatic heterocycles. The molecule has 0 spiro atoms. The number of phenols is 2. The van der Waals surface area contributed by atoms with Crippen molar-refractivity contribution in [3.63, 3.8) is 0 Å². The lowest BCUT2D eigenvalue weighted by atomic mass is 10.2. The second-order valence-electron chi connectivity index (χ2n) is 8.33. The lowest BCUT2D eigenvalue weighted by Crippen LogP contribution is -2.34. The standard InChI is InChI=1S/C24H23N7O5/c32-14-29-9-2-10-30(12-11-29)16-7-5-15(6-8-16)26-23-25-13-17-21(27-23)28-24(36)31(22(17)35)20-18(33)3-1-4-19(20)34/h1,3-8,13-14,33-34H,2,9-12H2,(H2,25,26,27,28,36). The van der Waals surface area contributed by atoms with Crippen LogP contribution in [0.15, 0.2) is 58.3 Å². The van der Waals surface area contributed by atoms with Crippen molar-refractivity contribution in [3.8, 4) is 17.2 Å². The van der Waals surface area contributed by atoms with Gasteiger partial charge in [0.2, 0.25) is 12.4 Å². The number of carbonyl (C=O) groups is 1. The molecule has 1 saturated heterocycles. The molecule has 5 rings (SSSR count). The molecule has 1 fully saturated rings. The van der Waals surface area contributed by atoms with Crippen LogP contribution in [0.5, 0.6) is 11.5 Å². The number of anilines is 3. The lowest BCUT2D eigenvalue weighted by Gasteiger charge is -2.23. The van der Waals surface area contributed by atoms with Crippen molar-refractivity contribution >= 4 is 34.8 Å². The van der Waals surface area contributed by atoms with Crippen molar-refractivity contribution in [3.05, 3.63) is 69.5 Å². The summed E-state index contributed by atoms with van der Waals surface area (Å²) < 4.78 is 0.638. The third kappa shape index (κ3) is 4.31. The molecule has 0 saturated carbocycles. The first-order valence-corrected chi connectivity index (χ1v) is 11.3. The van der Waals surface area contributed by atoms with E-state index in [1.54, 1.807) is 4.90 Å². The van der Waals surface area contributed by atoms with Crippen LogP contribution in [-0.4, -0.2) is 67.2 Å². The van der Waals surface area contributed by atoms with Gasteiger partial charge >= 0.3 is 5.69 Å². The van der Waals surface area contributed by atoms with E-state index < -0.39 is 22.7 Å². The van der Waals surface area contributed by atoms with Crippen molar-refractivity contribution < 1.29 is 15.0 Å². The van der Waals surface area contributed by atoms with Crippen LogP contribution in [0.4, 0.5) is 17.3 Å². The van der Waals surface area contributed by atoms with Gasteiger partial charge in [-0.1, -0.05) is 6.07 Å². The van der Waals surface area contributed by atoms with Crippen LogP contribution in [-0.2, 0) is 4.79 Å². The van der Waals surface area contributed by atoms with Crippen molar-refractivity contribution in [1.82, 2.24) is 24.4 Å². The maximum absolute atomic E-state index is 13.0. The zero-order valence-electron chi connectivity index (χ0n) is 19.1. The number of aromatic amines is 1. The van der Waals surface area contributed by atoms with Gasteiger partial charge in [0.25, 0.3) is 5.56 Å². The Bertz CT molecular complexity index is 1530. The van der Waals surface area contributed by atoms with Crippen LogP contribution in [0.2, 0.25) is 0 Å². The number of nitrogens with one attached hydrogen (secondary N) is 2. The normalized spacial score (nSPS) is 14.0. The highest BCUT2D eigenvalue weighted by atomic mass is 16.3. The maximum Gasteiger partial charge on any atom is 0.334 e. The Morgan fingerprint density at radius 1 is 0.972 bits per heavy atom. The quantitative estimate of drug-likeness (QED) is 0.303. The van der Waals surface area contributed by atoms with E-state index in [1.165, 1.54) is 24.4 Å². The number of aromatic hydroxyl groups is 2. The van der Waals surface area contributed by atoms with Gasteiger partial charge in [-0.25, -0.2) is 14.3 Å². The molecule has 184 valence electrons. The highest BCUT2D eigenvalue weighted by Gasteiger charge is 2.18. The molecular weight excluding hydrogens is 466 g/mol. The summed E-state index contributed by atoms with van der Waals surface area (Å²) in [6, 6.07) is 11.6. The summed E-state index contributed by atoms with van der Waals surface area (Å²) in [6.07, 6.45) is 3.05. The predicted molar refractivity (Wildman–Crippen MR) is 133 cm³/mol. The van der Waals surface area contributed by atoms with Crippen LogP contribution in [0, 0.1) is 0 Å². The van der Waals surface area contributed by atoms with Gasteiger partial charge in [-0.05, 0) is 42.8 Å². The molecule has 1 aliphatic rings. The van der Waals surface area contributed by atoms with Gasteiger partial charge < -0.3 is 25.3 Å². The zero-order chi connectivity index (χ0) is 25.2. The van der Waals surface area contributed by atoms with E-state index in [0.29, 0.717) is 16.8 Å². The molecule has 36 heavy (non-hydrogen) atoms. The Kier molecular flexibility index (Phi) is 5.98. The fraction of sp³-hybridized carbons (Fsp3) is 0.208. The van der Waals surface area contributed by atoms with Crippen molar-refractivity contribution in [2.24, 2.45) is 0 Å². The molecule has 2 aromatic carbocycles. The van der Waals surface area contributed by atoms with Crippen LogP contribution in [0.3, 0.4) is 0 Å². The number of carbonyl (C=O) groups excluding carboxylic acids is 1. The van der Waals surface area contributed by atoms with E-state index >= 15 is 0 Å². The Hall–Kier alpha value is -4.87. The monoisotopic (exact) mass is 489 g/mol. The summed E-state index contributed by atoms with van der Waals surface area (Å²) in [4.78, 5) is 51.6. The molecule has 0 aliphatic carbocycles. The number of para-hydroxylation sites is 1. The van der Waals surface area contributed by atoms with Crippen molar-refractivity contribution in [1.29, 1.82) is 0 Å².